The van der Waals surface area contributed by atoms with Gasteiger partial charge in [0.15, 0.2) is 0 Å². The van der Waals surface area contributed by atoms with Crippen LogP contribution in [0.1, 0.15) is 33.1 Å². The van der Waals surface area contributed by atoms with Gasteiger partial charge in [-0.25, -0.2) is 0 Å². The van der Waals surface area contributed by atoms with Crippen LogP contribution in [0, 0.1) is 0 Å². The molecule has 0 aliphatic heterocycles. The van der Waals surface area contributed by atoms with Crippen molar-refractivity contribution in [3.63, 3.8) is 0 Å². The van der Waals surface area contributed by atoms with Gasteiger partial charge in [0.05, 0.1) is 6.10 Å². The molecular weight excluding hydrogens is 114 g/mol. The molecule has 0 radical (unpaired) electrons. The Balaban J connectivity index is 3.32. The van der Waals surface area contributed by atoms with Crippen molar-refractivity contribution in [2.75, 3.05) is 0 Å². The minimum absolute atomic E-state index is 0.0232. The van der Waals surface area contributed by atoms with Crippen LogP contribution >= 0.6 is 0 Å². The first-order valence-corrected chi connectivity index (χ1v) is 3.66. The van der Waals surface area contributed by atoms with Crippen molar-refractivity contribution in [1.29, 1.82) is 0 Å². The molecule has 3 N–H and O–H groups in total. The second kappa shape index (κ2) is 4.77. The molecule has 0 fully saturated rings. The molecule has 9 heavy (non-hydrogen) atoms. The molecule has 2 heteroatoms. The van der Waals surface area contributed by atoms with Crippen molar-refractivity contribution < 1.29 is 5.11 Å². The van der Waals surface area contributed by atoms with Crippen molar-refractivity contribution >= 4 is 0 Å². The molecule has 0 aliphatic rings. The summed E-state index contributed by atoms with van der Waals surface area (Å²) in [5.74, 6) is 0. The molecular formula is C7H17NO. The van der Waals surface area contributed by atoms with Gasteiger partial charge < -0.3 is 10.8 Å². The highest BCUT2D eigenvalue weighted by molar-refractivity contribution is 4.68. The van der Waals surface area contributed by atoms with Crippen LogP contribution in [-0.2, 0) is 0 Å². The Bertz CT molecular complexity index is 65.9. The standard InChI is InChI=1S/C7H17NO/c1-3-5-7(9)6(8)4-2/h6-7,9H,3-5,8H2,1-2H3/t6-,7?/m0/s1. The maximum Gasteiger partial charge on any atom is 0.0690 e. The molecule has 0 amide bonds. The molecule has 2 nitrogen and oxygen atoms in total. The Morgan fingerprint density at radius 2 is 2.00 bits per heavy atom. The summed E-state index contributed by atoms with van der Waals surface area (Å²) in [6.07, 6.45) is 2.41. The molecule has 0 aliphatic carbocycles. The first kappa shape index (κ1) is 8.92. The van der Waals surface area contributed by atoms with Crippen molar-refractivity contribution in [1.82, 2.24) is 0 Å². The molecule has 0 rings (SSSR count). The molecule has 0 saturated carbocycles. The number of nitrogens with two attached hydrogens (primary N) is 1. The maximum atomic E-state index is 9.19. The summed E-state index contributed by atoms with van der Waals surface area (Å²) in [5.41, 5.74) is 5.55. The summed E-state index contributed by atoms with van der Waals surface area (Å²) in [6.45, 7) is 4.04. The van der Waals surface area contributed by atoms with Crippen LogP contribution in [0.25, 0.3) is 0 Å². The number of aliphatic hydroxyl groups excluding tert-OH is 1. The smallest absolute Gasteiger partial charge is 0.0690 e. The monoisotopic (exact) mass is 131 g/mol. The van der Waals surface area contributed by atoms with Gasteiger partial charge in [-0.05, 0) is 12.8 Å². The molecule has 0 bridgehead atoms. The zero-order chi connectivity index (χ0) is 7.28. The Morgan fingerprint density at radius 1 is 1.44 bits per heavy atom. The molecule has 2 atom stereocenters. The Morgan fingerprint density at radius 3 is 2.33 bits per heavy atom. The third-order valence-electron chi connectivity index (χ3n) is 1.55. The quantitative estimate of drug-likeness (QED) is 0.595. The molecule has 1 unspecified atom stereocenters. The average molecular weight is 131 g/mol. The molecule has 0 aromatic carbocycles. The van der Waals surface area contributed by atoms with E-state index in [4.69, 9.17) is 5.73 Å². The lowest BCUT2D eigenvalue weighted by Gasteiger charge is -2.15. The first-order chi connectivity index (χ1) is 4.22. The summed E-state index contributed by atoms with van der Waals surface area (Å²) < 4.78 is 0. The summed E-state index contributed by atoms with van der Waals surface area (Å²) in [5, 5.41) is 9.19. The fourth-order valence-corrected chi connectivity index (χ4v) is 0.782. The predicted octanol–water partition coefficient (Wildman–Crippen LogP) is 0.885. The van der Waals surface area contributed by atoms with Crippen LogP contribution in [0.15, 0.2) is 0 Å². The normalized spacial score (nSPS) is 17.3. The van der Waals surface area contributed by atoms with E-state index in [0.717, 1.165) is 19.3 Å². The van der Waals surface area contributed by atoms with Crippen LogP contribution in [0.4, 0.5) is 0 Å². The van der Waals surface area contributed by atoms with Crippen LogP contribution in [0.2, 0.25) is 0 Å². The Kier molecular flexibility index (Phi) is 4.72. The Labute approximate surface area is 57.1 Å². The maximum absolute atomic E-state index is 9.19. The van der Waals surface area contributed by atoms with Gasteiger partial charge in [-0.15, -0.1) is 0 Å². The van der Waals surface area contributed by atoms with Crippen LogP contribution in [0.5, 0.6) is 0 Å². The highest BCUT2D eigenvalue weighted by Crippen LogP contribution is 2.01. The zero-order valence-electron chi connectivity index (χ0n) is 6.30. The SMILES string of the molecule is CCCC(O)[C@@H](N)CC. The highest BCUT2D eigenvalue weighted by Gasteiger charge is 2.09. The summed E-state index contributed by atoms with van der Waals surface area (Å²) in [6, 6.07) is -0.0232. The third kappa shape index (κ3) is 3.49. The number of hydrogen-bond donors (Lipinski definition) is 2. The minimum Gasteiger partial charge on any atom is -0.392 e. The van der Waals surface area contributed by atoms with E-state index in [2.05, 4.69) is 0 Å². The number of rotatable bonds is 4. The summed E-state index contributed by atoms with van der Waals surface area (Å²) >= 11 is 0. The van der Waals surface area contributed by atoms with Gasteiger partial charge in [0.2, 0.25) is 0 Å². The van der Waals surface area contributed by atoms with Crippen LogP contribution in [0.3, 0.4) is 0 Å². The van der Waals surface area contributed by atoms with E-state index in [-0.39, 0.29) is 12.1 Å². The van der Waals surface area contributed by atoms with Gasteiger partial charge in [-0.3, -0.25) is 0 Å². The van der Waals surface area contributed by atoms with E-state index >= 15 is 0 Å². The van der Waals surface area contributed by atoms with Gasteiger partial charge in [-0.2, -0.15) is 0 Å². The van der Waals surface area contributed by atoms with Crippen molar-refractivity contribution in [2.45, 2.75) is 45.3 Å². The topological polar surface area (TPSA) is 46.2 Å². The minimum atomic E-state index is -0.292. The van der Waals surface area contributed by atoms with E-state index in [1.165, 1.54) is 0 Å². The molecule has 56 valence electrons. The van der Waals surface area contributed by atoms with Crippen molar-refractivity contribution in [2.24, 2.45) is 5.73 Å². The predicted molar refractivity (Wildman–Crippen MR) is 39.2 cm³/mol. The van der Waals surface area contributed by atoms with E-state index in [1.807, 2.05) is 13.8 Å². The number of hydrogen-bond acceptors (Lipinski definition) is 2. The van der Waals surface area contributed by atoms with E-state index in [9.17, 15) is 5.11 Å². The average Bonchev–Trinajstić information content (AvgIpc) is 1.87. The lowest BCUT2D eigenvalue weighted by Crippen LogP contribution is -2.33. The van der Waals surface area contributed by atoms with Gasteiger partial charge in [0.1, 0.15) is 0 Å². The second-order valence-corrected chi connectivity index (χ2v) is 2.43. The van der Waals surface area contributed by atoms with Crippen LogP contribution in [-0.4, -0.2) is 17.3 Å². The largest absolute Gasteiger partial charge is 0.392 e. The van der Waals surface area contributed by atoms with Gasteiger partial charge in [0.25, 0.3) is 0 Å². The van der Waals surface area contributed by atoms with Crippen molar-refractivity contribution in [3.05, 3.63) is 0 Å². The third-order valence-corrected chi connectivity index (χ3v) is 1.55. The summed E-state index contributed by atoms with van der Waals surface area (Å²) in [7, 11) is 0. The van der Waals surface area contributed by atoms with Crippen molar-refractivity contribution in [3.8, 4) is 0 Å². The van der Waals surface area contributed by atoms with E-state index in [1.54, 1.807) is 0 Å². The highest BCUT2D eigenvalue weighted by atomic mass is 16.3. The van der Waals surface area contributed by atoms with E-state index < -0.39 is 0 Å². The Hall–Kier alpha value is -0.0800. The lowest BCUT2D eigenvalue weighted by molar-refractivity contribution is 0.132. The first-order valence-electron chi connectivity index (χ1n) is 3.66. The number of aliphatic hydroxyl groups is 1. The molecule has 0 heterocycles. The fourth-order valence-electron chi connectivity index (χ4n) is 0.782. The zero-order valence-corrected chi connectivity index (χ0v) is 6.30. The summed E-state index contributed by atoms with van der Waals surface area (Å²) in [4.78, 5) is 0. The van der Waals surface area contributed by atoms with Gasteiger partial charge >= 0.3 is 0 Å². The molecule has 0 aromatic rings. The lowest BCUT2D eigenvalue weighted by atomic mass is 10.1. The van der Waals surface area contributed by atoms with Crippen LogP contribution < -0.4 is 5.73 Å². The fraction of sp³-hybridized carbons (Fsp3) is 1.00. The second-order valence-electron chi connectivity index (χ2n) is 2.43. The van der Waals surface area contributed by atoms with E-state index in [0.29, 0.717) is 0 Å². The molecule has 0 saturated heterocycles. The molecule has 0 spiro atoms. The van der Waals surface area contributed by atoms with Gasteiger partial charge in [-0.1, -0.05) is 20.3 Å². The van der Waals surface area contributed by atoms with Gasteiger partial charge in [0, 0.05) is 6.04 Å². The molecule has 0 aromatic heterocycles.